The van der Waals surface area contributed by atoms with Crippen molar-refractivity contribution in [3.05, 3.63) is 35.6 Å². The van der Waals surface area contributed by atoms with Gasteiger partial charge in [-0.15, -0.1) is 0 Å². The molecule has 1 aromatic rings. The van der Waals surface area contributed by atoms with Gasteiger partial charge in [0.2, 0.25) is 11.8 Å². The average Bonchev–Trinajstić information content (AvgIpc) is 2.44. The largest absolute Gasteiger partial charge is 0.357 e. The summed E-state index contributed by atoms with van der Waals surface area (Å²) in [7, 11) is 1.54. The smallest absolute Gasteiger partial charge is 0.242 e. The van der Waals surface area contributed by atoms with Crippen molar-refractivity contribution in [3.63, 3.8) is 0 Å². The average molecular weight is 280 g/mol. The molecule has 20 heavy (non-hydrogen) atoms. The molecule has 0 saturated carbocycles. The van der Waals surface area contributed by atoms with Crippen molar-refractivity contribution in [2.45, 2.75) is 33.4 Å². The summed E-state index contributed by atoms with van der Waals surface area (Å²) < 4.78 is 12.9. The Kier molecular flexibility index (Phi) is 5.67. The van der Waals surface area contributed by atoms with Crippen LogP contribution in [-0.2, 0) is 16.1 Å². The maximum atomic E-state index is 12.9. The predicted molar refractivity (Wildman–Crippen MR) is 75.3 cm³/mol. The molecule has 1 N–H and O–H groups in total. The van der Waals surface area contributed by atoms with E-state index in [1.165, 1.54) is 24.1 Å². The first-order valence-electron chi connectivity index (χ1n) is 6.63. The van der Waals surface area contributed by atoms with Crippen LogP contribution in [0.5, 0.6) is 0 Å². The molecule has 0 bridgehead atoms. The molecule has 5 heteroatoms. The Hall–Kier alpha value is -1.91. The van der Waals surface area contributed by atoms with E-state index in [-0.39, 0.29) is 30.1 Å². The fourth-order valence-electron chi connectivity index (χ4n) is 1.87. The number of benzene rings is 1. The van der Waals surface area contributed by atoms with Gasteiger partial charge in [-0.3, -0.25) is 9.59 Å². The van der Waals surface area contributed by atoms with Crippen LogP contribution < -0.4 is 5.32 Å². The highest BCUT2D eigenvalue weighted by molar-refractivity contribution is 5.87. The lowest BCUT2D eigenvalue weighted by molar-refractivity contribution is -0.142. The molecule has 2 amide bonds. The highest BCUT2D eigenvalue weighted by Crippen LogP contribution is 2.13. The van der Waals surface area contributed by atoms with Gasteiger partial charge in [0.15, 0.2) is 0 Å². The van der Waals surface area contributed by atoms with E-state index >= 15 is 0 Å². The van der Waals surface area contributed by atoms with Crippen LogP contribution in [0.3, 0.4) is 0 Å². The number of nitrogens with one attached hydrogen (secondary N) is 1. The van der Waals surface area contributed by atoms with E-state index in [2.05, 4.69) is 5.32 Å². The quantitative estimate of drug-likeness (QED) is 0.896. The Balaban J connectivity index is 2.96. The number of rotatable bonds is 5. The number of hydrogen-bond acceptors (Lipinski definition) is 2. The molecule has 0 heterocycles. The van der Waals surface area contributed by atoms with Gasteiger partial charge in [0.25, 0.3) is 0 Å². The van der Waals surface area contributed by atoms with Crippen molar-refractivity contribution in [1.29, 1.82) is 0 Å². The molecule has 0 saturated heterocycles. The minimum absolute atomic E-state index is 0.106. The summed E-state index contributed by atoms with van der Waals surface area (Å²) in [4.78, 5) is 25.5. The SMILES string of the molecule is CNC(=O)[C@@H](C)N(Cc1ccc(F)cc1)C(=O)C(C)C. The second kappa shape index (κ2) is 7.03. The molecular weight excluding hydrogens is 259 g/mol. The fraction of sp³-hybridized carbons (Fsp3) is 0.467. The maximum Gasteiger partial charge on any atom is 0.242 e. The van der Waals surface area contributed by atoms with Crippen LogP contribution in [0, 0.1) is 11.7 Å². The minimum atomic E-state index is -0.569. The molecule has 0 aromatic heterocycles. The monoisotopic (exact) mass is 280 g/mol. The lowest BCUT2D eigenvalue weighted by Crippen LogP contribution is -2.48. The van der Waals surface area contributed by atoms with Crippen molar-refractivity contribution >= 4 is 11.8 Å². The summed E-state index contributed by atoms with van der Waals surface area (Å²) in [6.07, 6.45) is 0. The van der Waals surface area contributed by atoms with Crippen LogP contribution >= 0.6 is 0 Å². The Bertz CT molecular complexity index is 471. The van der Waals surface area contributed by atoms with Gasteiger partial charge < -0.3 is 10.2 Å². The summed E-state index contributed by atoms with van der Waals surface area (Å²) in [5.41, 5.74) is 0.788. The molecule has 110 valence electrons. The summed E-state index contributed by atoms with van der Waals surface area (Å²) >= 11 is 0. The zero-order valence-corrected chi connectivity index (χ0v) is 12.3. The summed E-state index contributed by atoms with van der Waals surface area (Å²) in [6.45, 7) is 5.54. The van der Waals surface area contributed by atoms with Gasteiger partial charge >= 0.3 is 0 Å². The summed E-state index contributed by atoms with van der Waals surface area (Å²) in [5, 5.41) is 2.54. The highest BCUT2D eigenvalue weighted by atomic mass is 19.1. The van der Waals surface area contributed by atoms with Crippen LogP contribution in [-0.4, -0.2) is 29.8 Å². The van der Waals surface area contributed by atoms with Crippen molar-refractivity contribution in [2.75, 3.05) is 7.05 Å². The molecule has 0 aliphatic rings. The zero-order chi connectivity index (χ0) is 15.3. The lowest BCUT2D eigenvalue weighted by Gasteiger charge is -2.29. The minimum Gasteiger partial charge on any atom is -0.357 e. The number of carbonyl (C=O) groups excluding carboxylic acids is 2. The molecule has 1 aromatic carbocycles. The number of hydrogen-bond donors (Lipinski definition) is 1. The number of carbonyl (C=O) groups is 2. The standard InChI is InChI=1S/C15H21FN2O2/c1-10(2)15(20)18(11(3)14(19)17-4)9-12-5-7-13(16)8-6-12/h5-8,10-11H,9H2,1-4H3,(H,17,19)/t11-/m1/s1. The second-order valence-electron chi connectivity index (χ2n) is 5.04. The van der Waals surface area contributed by atoms with Crippen LogP contribution in [0.25, 0.3) is 0 Å². The maximum absolute atomic E-state index is 12.9. The Morgan fingerprint density at radius 2 is 1.75 bits per heavy atom. The van der Waals surface area contributed by atoms with Gasteiger partial charge in [-0.2, -0.15) is 0 Å². The van der Waals surface area contributed by atoms with Gasteiger partial charge in [-0.1, -0.05) is 26.0 Å². The molecule has 0 radical (unpaired) electrons. The molecule has 4 nitrogen and oxygen atoms in total. The van der Waals surface area contributed by atoms with Gasteiger partial charge in [0.05, 0.1) is 0 Å². The topological polar surface area (TPSA) is 49.4 Å². The van der Waals surface area contributed by atoms with Crippen molar-refractivity contribution < 1.29 is 14.0 Å². The van der Waals surface area contributed by atoms with E-state index in [1.54, 1.807) is 32.9 Å². The van der Waals surface area contributed by atoms with Crippen LogP contribution in [0.1, 0.15) is 26.3 Å². The summed E-state index contributed by atoms with van der Waals surface area (Å²) in [6, 6.07) is 5.36. The van der Waals surface area contributed by atoms with E-state index in [9.17, 15) is 14.0 Å². The first-order chi connectivity index (χ1) is 9.36. The Morgan fingerprint density at radius 3 is 2.20 bits per heavy atom. The highest BCUT2D eigenvalue weighted by Gasteiger charge is 2.26. The van der Waals surface area contributed by atoms with Crippen molar-refractivity contribution in [2.24, 2.45) is 5.92 Å². The number of amides is 2. The van der Waals surface area contributed by atoms with E-state index in [4.69, 9.17) is 0 Å². The predicted octanol–water partition coefficient (Wildman–Crippen LogP) is 1.94. The molecule has 0 fully saturated rings. The first-order valence-corrected chi connectivity index (χ1v) is 6.63. The van der Waals surface area contributed by atoms with E-state index in [0.29, 0.717) is 0 Å². The Morgan fingerprint density at radius 1 is 1.20 bits per heavy atom. The lowest BCUT2D eigenvalue weighted by atomic mass is 10.1. The molecule has 1 atom stereocenters. The number of nitrogens with zero attached hydrogens (tertiary/aromatic N) is 1. The van der Waals surface area contributed by atoms with E-state index < -0.39 is 6.04 Å². The Labute approximate surface area is 119 Å². The van der Waals surface area contributed by atoms with Gasteiger partial charge in [0.1, 0.15) is 11.9 Å². The fourth-order valence-corrected chi connectivity index (χ4v) is 1.87. The normalized spacial score (nSPS) is 12.1. The van der Waals surface area contributed by atoms with E-state index in [0.717, 1.165) is 5.56 Å². The third-order valence-corrected chi connectivity index (χ3v) is 3.14. The first kappa shape index (κ1) is 16.1. The number of likely N-dealkylation sites (N-methyl/N-ethyl adjacent to an activating group) is 1. The van der Waals surface area contributed by atoms with Gasteiger partial charge in [0, 0.05) is 19.5 Å². The summed E-state index contributed by atoms with van der Waals surface area (Å²) in [5.74, 6) is -0.857. The second-order valence-corrected chi connectivity index (χ2v) is 5.04. The molecule has 0 aliphatic carbocycles. The third-order valence-electron chi connectivity index (χ3n) is 3.14. The van der Waals surface area contributed by atoms with E-state index in [1.807, 2.05) is 0 Å². The third kappa shape index (κ3) is 4.05. The van der Waals surface area contributed by atoms with Crippen molar-refractivity contribution in [1.82, 2.24) is 10.2 Å². The molecule has 0 unspecified atom stereocenters. The van der Waals surface area contributed by atoms with Crippen LogP contribution in [0.4, 0.5) is 4.39 Å². The molecular formula is C15H21FN2O2. The molecule has 0 spiro atoms. The van der Waals surface area contributed by atoms with Gasteiger partial charge in [-0.05, 0) is 24.6 Å². The number of halogens is 1. The zero-order valence-electron chi connectivity index (χ0n) is 12.3. The molecule has 1 rings (SSSR count). The molecule has 0 aliphatic heterocycles. The van der Waals surface area contributed by atoms with Crippen LogP contribution in [0.2, 0.25) is 0 Å². The van der Waals surface area contributed by atoms with Crippen LogP contribution in [0.15, 0.2) is 24.3 Å². The van der Waals surface area contributed by atoms with Crippen molar-refractivity contribution in [3.8, 4) is 0 Å². The van der Waals surface area contributed by atoms with Gasteiger partial charge in [-0.25, -0.2) is 4.39 Å².